The number of likely N-dealkylation sites (tertiary alicyclic amines) is 1. The van der Waals surface area contributed by atoms with Crippen molar-refractivity contribution in [3.05, 3.63) is 41.4 Å². The van der Waals surface area contributed by atoms with Gasteiger partial charge < -0.3 is 14.5 Å². The largest absolute Gasteiger partial charge is 0.522 e. The topological polar surface area (TPSA) is 53.1 Å². The molecule has 1 atom stereocenters. The Bertz CT molecular complexity index is 738. The maximum absolute atomic E-state index is 12.6. The van der Waals surface area contributed by atoms with Crippen molar-refractivity contribution in [1.29, 1.82) is 0 Å². The van der Waals surface area contributed by atoms with Gasteiger partial charge in [0.05, 0.1) is 7.11 Å². The Morgan fingerprint density at radius 2 is 2.00 bits per heavy atom. The van der Waals surface area contributed by atoms with Crippen LogP contribution in [0.5, 0.6) is 5.75 Å². The molecular formula is C21H27ClN3O3Pt-. The Morgan fingerprint density at radius 3 is 2.66 bits per heavy atom. The number of methoxy groups -OCH3 is 1. The number of aryl methyl sites for hydroxylation is 1. The molecule has 29 heavy (non-hydrogen) atoms. The minimum Gasteiger partial charge on any atom is -0.522 e. The molecule has 2 aliphatic heterocycles. The molecule has 6 nitrogen and oxygen atoms in total. The average Bonchev–Trinajstić information content (AvgIpc) is 3.22. The van der Waals surface area contributed by atoms with Gasteiger partial charge in [-0.15, -0.1) is 23.2 Å². The summed E-state index contributed by atoms with van der Waals surface area (Å²) in [5.74, 6) is 0.860. The molecule has 1 aromatic rings. The van der Waals surface area contributed by atoms with Crippen LogP contribution in [0.3, 0.4) is 0 Å². The summed E-state index contributed by atoms with van der Waals surface area (Å²) in [5.41, 5.74) is 0.941. The molecule has 2 saturated heterocycles. The van der Waals surface area contributed by atoms with Crippen molar-refractivity contribution in [3.63, 3.8) is 0 Å². The first-order valence-electron chi connectivity index (χ1n) is 9.69. The van der Waals surface area contributed by atoms with E-state index in [1.54, 1.807) is 19.2 Å². The Labute approximate surface area is 192 Å². The molecule has 162 valence electrons. The maximum atomic E-state index is 12.6. The number of amides is 2. The first-order valence-corrected chi connectivity index (χ1v) is 10.1. The van der Waals surface area contributed by atoms with Gasteiger partial charge in [-0.05, 0) is 12.5 Å². The molecule has 2 fully saturated rings. The minimum absolute atomic E-state index is 0. The molecular weight excluding hydrogens is 573 g/mol. The molecule has 0 N–H and O–H groups in total. The number of rotatable bonds is 6. The van der Waals surface area contributed by atoms with Crippen molar-refractivity contribution in [2.75, 3.05) is 46.4 Å². The summed E-state index contributed by atoms with van der Waals surface area (Å²) in [4.78, 5) is 30.6. The second kappa shape index (κ2) is 11.1. The fraction of sp³-hybridized carbons (Fsp3) is 0.524. The number of piperazine rings is 1. The van der Waals surface area contributed by atoms with Crippen LogP contribution < -0.4 is 4.74 Å². The molecule has 0 radical (unpaired) electrons. The van der Waals surface area contributed by atoms with Gasteiger partial charge in [0.1, 0.15) is 0 Å². The van der Waals surface area contributed by atoms with Crippen molar-refractivity contribution < 1.29 is 35.4 Å². The van der Waals surface area contributed by atoms with Crippen LogP contribution >= 0.6 is 11.6 Å². The van der Waals surface area contributed by atoms with Gasteiger partial charge in [-0.25, -0.2) is 0 Å². The normalized spacial score (nSPS) is 19.6. The Hall–Kier alpha value is -1.36. The van der Waals surface area contributed by atoms with Crippen molar-refractivity contribution in [1.82, 2.24) is 14.7 Å². The predicted octanol–water partition coefficient (Wildman–Crippen LogP) is 2.01. The smallest absolute Gasteiger partial charge is 0.246 e. The van der Waals surface area contributed by atoms with E-state index in [0.29, 0.717) is 29.7 Å². The third kappa shape index (κ3) is 6.06. The van der Waals surface area contributed by atoms with Gasteiger partial charge in [0.15, 0.2) is 0 Å². The van der Waals surface area contributed by atoms with Gasteiger partial charge in [-0.3, -0.25) is 14.5 Å². The number of ether oxygens (including phenoxy) is 1. The van der Waals surface area contributed by atoms with Crippen LogP contribution in [0.2, 0.25) is 5.02 Å². The van der Waals surface area contributed by atoms with Crippen LogP contribution in [0.15, 0.2) is 24.8 Å². The Kier molecular flexibility index (Phi) is 9.19. The molecule has 0 aliphatic carbocycles. The summed E-state index contributed by atoms with van der Waals surface area (Å²) in [6, 6.07) is 6.85. The number of hydrogen-bond acceptors (Lipinski definition) is 4. The van der Waals surface area contributed by atoms with E-state index in [1.165, 1.54) is 6.08 Å². The fourth-order valence-corrected chi connectivity index (χ4v) is 4.12. The van der Waals surface area contributed by atoms with E-state index < -0.39 is 0 Å². The van der Waals surface area contributed by atoms with Crippen LogP contribution in [0.1, 0.15) is 18.4 Å². The summed E-state index contributed by atoms with van der Waals surface area (Å²) in [7, 11) is 1.60. The molecule has 3 rings (SSSR count). The van der Waals surface area contributed by atoms with Gasteiger partial charge in [-0.2, -0.15) is 12.1 Å². The van der Waals surface area contributed by atoms with Crippen LogP contribution in [-0.2, 0) is 37.1 Å². The van der Waals surface area contributed by atoms with Crippen molar-refractivity contribution >= 4 is 23.4 Å². The zero-order valence-corrected chi connectivity index (χ0v) is 19.7. The van der Waals surface area contributed by atoms with Gasteiger partial charge in [-0.1, -0.05) is 18.0 Å². The van der Waals surface area contributed by atoms with Crippen molar-refractivity contribution in [2.24, 2.45) is 0 Å². The van der Waals surface area contributed by atoms with E-state index in [4.69, 9.17) is 16.3 Å². The van der Waals surface area contributed by atoms with E-state index in [1.807, 2.05) is 9.80 Å². The summed E-state index contributed by atoms with van der Waals surface area (Å²) >= 11 is 5.94. The second-order valence-corrected chi connectivity index (χ2v) is 7.63. The Morgan fingerprint density at radius 1 is 1.28 bits per heavy atom. The van der Waals surface area contributed by atoms with Crippen molar-refractivity contribution in [3.8, 4) is 5.75 Å². The average molecular weight is 600 g/mol. The standard InChI is InChI=1S/C21H27ClN3O3.Pt/c1-3-20(26)25-9-8-18(15-25)23-10-12-24(13-11-23)21(27)7-5-16-4-6-17(22)14-19(16)28-2;/h3-4,14,18H,1,5,7-13,15H2,2H3;/q-1;. The molecule has 2 heterocycles. The molecule has 1 unspecified atom stereocenters. The van der Waals surface area contributed by atoms with Crippen LogP contribution in [-0.4, -0.2) is 78.9 Å². The third-order valence-corrected chi connectivity index (χ3v) is 5.84. The van der Waals surface area contributed by atoms with Crippen LogP contribution in [0, 0.1) is 6.07 Å². The molecule has 0 aromatic heterocycles. The Balaban J connectivity index is 0.00000300. The van der Waals surface area contributed by atoms with E-state index in [9.17, 15) is 9.59 Å². The zero-order chi connectivity index (χ0) is 20.1. The first-order chi connectivity index (χ1) is 13.5. The number of benzene rings is 1. The summed E-state index contributed by atoms with van der Waals surface area (Å²) in [6.07, 6.45) is 3.42. The van der Waals surface area contributed by atoms with Gasteiger partial charge in [0.2, 0.25) is 11.8 Å². The predicted molar refractivity (Wildman–Crippen MR) is 108 cm³/mol. The van der Waals surface area contributed by atoms with E-state index in [2.05, 4.69) is 17.5 Å². The molecule has 2 amide bonds. The van der Waals surface area contributed by atoms with E-state index in [0.717, 1.165) is 51.3 Å². The second-order valence-electron chi connectivity index (χ2n) is 7.22. The number of carbonyl (C=O) groups excluding carboxylic acids is 2. The molecule has 0 bridgehead atoms. The SMILES string of the molecule is C=CC(=O)N1CCC(N2CCN(C(=O)CCc3c[c-]c(Cl)cc3OC)CC2)C1.[Pt]. The minimum atomic E-state index is 0. The molecule has 0 spiro atoms. The van der Waals surface area contributed by atoms with Crippen LogP contribution in [0.25, 0.3) is 0 Å². The van der Waals surface area contributed by atoms with Crippen LogP contribution in [0.4, 0.5) is 0 Å². The summed E-state index contributed by atoms with van der Waals surface area (Å²) in [5, 5.41) is 0.503. The monoisotopic (exact) mass is 599 g/mol. The molecule has 2 aliphatic rings. The first kappa shape index (κ1) is 23.9. The zero-order valence-electron chi connectivity index (χ0n) is 16.6. The van der Waals surface area contributed by atoms with Gasteiger partial charge >= 0.3 is 0 Å². The van der Waals surface area contributed by atoms with Gasteiger partial charge in [0, 0.05) is 78.5 Å². The fourth-order valence-electron chi connectivity index (χ4n) is 3.97. The maximum Gasteiger partial charge on any atom is 0.246 e. The van der Waals surface area contributed by atoms with E-state index >= 15 is 0 Å². The molecule has 0 saturated carbocycles. The summed E-state index contributed by atoms with van der Waals surface area (Å²) < 4.78 is 5.34. The number of carbonyl (C=O) groups is 2. The molecule has 1 aromatic carbocycles. The number of halogens is 1. The van der Waals surface area contributed by atoms with E-state index in [-0.39, 0.29) is 32.9 Å². The van der Waals surface area contributed by atoms with Gasteiger partial charge in [0.25, 0.3) is 0 Å². The quantitative estimate of drug-likeness (QED) is 0.371. The summed E-state index contributed by atoms with van der Waals surface area (Å²) in [6.45, 7) is 8.27. The number of nitrogens with zero attached hydrogens (tertiary/aromatic N) is 3. The third-order valence-electron chi connectivity index (χ3n) is 5.62. The van der Waals surface area contributed by atoms with Crippen molar-refractivity contribution in [2.45, 2.75) is 25.3 Å². The number of hydrogen-bond donors (Lipinski definition) is 0. The molecule has 8 heteroatoms.